The van der Waals surface area contributed by atoms with Gasteiger partial charge in [-0.3, -0.25) is 10.1 Å². The minimum absolute atomic E-state index is 0.0500. The molecule has 0 unspecified atom stereocenters. The fourth-order valence-corrected chi connectivity index (χ4v) is 4.59. The van der Waals surface area contributed by atoms with Crippen LogP contribution in [0, 0.1) is 10.1 Å². The molecule has 6 heteroatoms. The van der Waals surface area contributed by atoms with Gasteiger partial charge in [0.25, 0.3) is 5.69 Å². The molecule has 0 aliphatic heterocycles. The smallest absolute Gasteiger partial charge is 0.271 e. The van der Waals surface area contributed by atoms with Gasteiger partial charge in [-0.25, -0.2) is 4.98 Å². The lowest BCUT2D eigenvalue weighted by Crippen LogP contribution is -1.97. The van der Waals surface area contributed by atoms with Crippen molar-refractivity contribution < 1.29 is 9.66 Å². The van der Waals surface area contributed by atoms with Crippen LogP contribution in [0.4, 0.5) is 5.69 Å². The number of nitro benzene ring substituents is 1. The summed E-state index contributed by atoms with van der Waals surface area (Å²) < 4.78 is 5.94. The van der Waals surface area contributed by atoms with Crippen LogP contribution in [0.1, 0.15) is 71.1 Å². The van der Waals surface area contributed by atoms with Crippen molar-refractivity contribution in [3.63, 3.8) is 0 Å². The zero-order valence-electron chi connectivity index (χ0n) is 21.7. The molecule has 37 heavy (non-hydrogen) atoms. The van der Waals surface area contributed by atoms with E-state index in [4.69, 9.17) is 4.74 Å². The Hall–Kier alpha value is -3.67. The van der Waals surface area contributed by atoms with Gasteiger partial charge in [0.1, 0.15) is 11.6 Å². The molecule has 1 aromatic heterocycles. The zero-order valence-corrected chi connectivity index (χ0v) is 21.7. The highest BCUT2D eigenvalue weighted by molar-refractivity contribution is 5.82. The number of H-pyrrole nitrogens is 1. The largest absolute Gasteiger partial charge is 0.494 e. The van der Waals surface area contributed by atoms with Crippen LogP contribution in [0.5, 0.6) is 5.75 Å². The first-order chi connectivity index (χ1) is 18.1. The molecule has 0 amide bonds. The molecule has 3 aromatic carbocycles. The van der Waals surface area contributed by atoms with Crippen molar-refractivity contribution in [2.75, 3.05) is 6.61 Å². The standard InChI is InChI=1S/C31H37N3O3/c1-2-3-4-5-6-7-8-9-10-11-22-37-28-19-16-25(17-20-28)24-12-14-26(15-13-24)31-32-29-21-18-27(34(35)36)23-30(29)33-31/h12-21,23H,2-11,22H2,1H3,(H,32,33). The van der Waals surface area contributed by atoms with E-state index in [2.05, 4.69) is 41.2 Å². The second kappa shape index (κ2) is 13.6. The number of benzene rings is 3. The Bertz CT molecular complexity index is 1260. The Morgan fingerprint density at radius 2 is 1.32 bits per heavy atom. The summed E-state index contributed by atoms with van der Waals surface area (Å²) in [7, 11) is 0. The van der Waals surface area contributed by atoms with Crippen LogP contribution in [0.15, 0.2) is 66.7 Å². The van der Waals surface area contributed by atoms with Gasteiger partial charge in [0.05, 0.1) is 22.6 Å². The van der Waals surface area contributed by atoms with Gasteiger partial charge in [0.2, 0.25) is 0 Å². The van der Waals surface area contributed by atoms with Gasteiger partial charge in [-0.15, -0.1) is 0 Å². The number of hydrogen-bond acceptors (Lipinski definition) is 4. The molecular formula is C31H37N3O3. The number of aromatic amines is 1. The molecule has 1 heterocycles. The van der Waals surface area contributed by atoms with E-state index < -0.39 is 4.92 Å². The maximum absolute atomic E-state index is 11.0. The molecule has 0 fully saturated rings. The number of nitrogens with one attached hydrogen (secondary N) is 1. The van der Waals surface area contributed by atoms with E-state index in [0.29, 0.717) is 16.9 Å². The summed E-state index contributed by atoms with van der Waals surface area (Å²) >= 11 is 0. The molecule has 4 aromatic rings. The fraction of sp³-hybridized carbons (Fsp3) is 0.387. The summed E-state index contributed by atoms with van der Waals surface area (Å²) in [6.45, 7) is 3.03. The lowest BCUT2D eigenvalue weighted by atomic mass is 10.0. The lowest BCUT2D eigenvalue weighted by molar-refractivity contribution is -0.384. The number of aromatic nitrogens is 2. The number of unbranched alkanes of at least 4 members (excludes halogenated alkanes) is 9. The molecule has 0 aliphatic carbocycles. The van der Waals surface area contributed by atoms with E-state index in [0.717, 1.165) is 35.5 Å². The lowest BCUT2D eigenvalue weighted by Gasteiger charge is -2.08. The Kier molecular flexibility index (Phi) is 9.69. The van der Waals surface area contributed by atoms with Gasteiger partial charge in [0.15, 0.2) is 0 Å². The topological polar surface area (TPSA) is 81.1 Å². The number of nitro groups is 1. The summed E-state index contributed by atoms with van der Waals surface area (Å²) in [5.41, 5.74) is 4.57. The third kappa shape index (κ3) is 7.66. The highest BCUT2D eigenvalue weighted by atomic mass is 16.6. The molecule has 0 aliphatic rings. The van der Waals surface area contributed by atoms with Gasteiger partial charge in [-0.2, -0.15) is 0 Å². The zero-order chi connectivity index (χ0) is 25.9. The van der Waals surface area contributed by atoms with Crippen molar-refractivity contribution in [2.45, 2.75) is 71.1 Å². The number of nitrogens with zero attached hydrogens (tertiary/aromatic N) is 2. The van der Waals surface area contributed by atoms with E-state index in [1.54, 1.807) is 6.07 Å². The average molecular weight is 500 g/mol. The van der Waals surface area contributed by atoms with Crippen LogP contribution in [-0.4, -0.2) is 21.5 Å². The third-order valence-corrected chi connectivity index (χ3v) is 6.79. The van der Waals surface area contributed by atoms with E-state index in [9.17, 15) is 10.1 Å². The van der Waals surface area contributed by atoms with E-state index >= 15 is 0 Å². The Morgan fingerprint density at radius 1 is 0.757 bits per heavy atom. The van der Waals surface area contributed by atoms with Crippen LogP contribution in [0.3, 0.4) is 0 Å². The normalized spacial score (nSPS) is 11.2. The first kappa shape index (κ1) is 26.4. The molecule has 4 rings (SSSR count). The van der Waals surface area contributed by atoms with Gasteiger partial charge in [-0.05, 0) is 35.7 Å². The van der Waals surface area contributed by atoms with Gasteiger partial charge < -0.3 is 9.72 Å². The molecular weight excluding hydrogens is 462 g/mol. The number of rotatable bonds is 15. The summed E-state index contributed by atoms with van der Waals surface area (Å²) in [5, 5.41) is 11.0. The highest BCUT2D eigenvalue weighted by Crippen LogP contribution is 2.27. The minimum atomic E-state index is -0.400. The van der Waals surface area contributed by atoms with Crippen LogP contribution < -0.4 is 4.74 Å². The quantitative estimate of drug-likeness (QED) is 0.100. The number of fused-ring (bicyclic) bond motifs is 1. The third-order valence-electron chi connectivity index (χ3n) is 6.79. The summed E-state index contributed by atoms with van der Waals surface area (Å²) in [6, 6.07) is 21.0. The molecule has 0 atom stereocenters. The molecule has 0 saturated heterocycles. The SMILES string of the molecule is CCCCCCCCCCCCOc1ccc(-c2ccc(-c3nc4ccc([N+](=O)[O-])cc4[nH]3)cc2)cc1. The maximum atomic E-state index is 11.0. The van der Waals surface area contributed by atoms with E-state index in [1.807, 2.05) is 24.3 Å². The van der Waals surface area contributed by atoms with Crippen molar-refractivity contribution in [1.82, 2.24) is 9.97 Å². The monoisotopic (exact) mass is 499 g/mol. The second-order valence-corrected chi connectivity index (χ2v) is 9.68. The van der Waals surface area contributed by atoms with Crippen LogP contribution in [-0.2, 0) is 0 Å². The summed E-state index contributed by atoms with van der Waals surface area (Å²) in [6.07, 6.45) is 13.2. The number of non-ortho nitro benzene ring substituents is 1. The Balaban J connectivity index is 1.22. The van der Waals surface area contributed by atoms with Crippen molar-refractivity contribution >= 4 is 16.7 Å². The van der Waals surface area contributed by atoms with Crippen LogP contribution in [0.25, 0.3) is 33.5 Å². The molecule has 1 N–H and O–H groups in total. The maximum Gasteiger partial charge on any atom is 0.271 e. The van der Waals surface area contributed by atoms with Crippen molar-refractivity contribution in [3.05, 3.63) is 76.8 Å². The summed E-state index contributed by atoms with van der Waals surface area (Å²) in [4.78, 5) is 18.4. The molecule has 0 radical (unpaired) electrons. The molecule has 194 valence electrons. The average Bonchev–Trinajstić information content (AvgIpc) is 3.36. The predicted molar refractivity (Wildman–Crippen MR) is 151 cm³/mol. The highest BCUT2D eigenvalue weighted by Gasteiger charge is 2.11. The van der Waals surface area contributed by atoms with Gasteiger partial charge in [-0.1, -0.05) is 101 Å². The minimum Gasteiger partial charge on any atom is -0.494 e. The van der Waals surface area contributed by atoms with E-state index in [1.165, 1.54) is 69.9 Å². The Morgan fingerprint density at radius 3 is 1.95 bits per heavy atom. The first-order valence-corrected chi connectivity index (χ1v) is 13.6. The molecule has 6 nitrogen and oxygen atoms in total. The number of imidazole rings is 1. The number of ether oxygens (including phenoxy) is 1. The predicted octanol–water partition coefficient (Wildman–Crippen LogP) is 9.10. The van der Waals surface area contributed by atoms with Gasteiger partial charge in [0, 0.05) is 17.7 Å². The van der Waals surface area contributed by atoms with E-state index in [-0.39, 0.29) is 5.69 Å². The van der Waals surface area contributed by atoms with Crippen molar-refractivity contribution in [3.8, 4) is 28.3 Å². The van der Waals surface area contributed by atoms with Gasteiger partial charge >= 0.3 is 0 Å². The van der Waals surface area contributed by atoms with Crippen LogP contribution in [0.2, 0.25) is 0 Å². The number of hydrogen-bond donors (Lipinski definition) is 1. The molecule has 0 saturated carbocycles. The van der Waals surface area contributed by atoms with Crippen molar-refractivity contribution in [2.24, 2.45) is 0 Å². The van der Waals surface area contributed by atoms with Crippen molar-refractivity contribution in [1.29, 1.82) is 0 Å². The molecule has 0 bridgehead atoms. The molecule has 0 spiro atoms. The first-order valence-electron chi connectivity index (χ1n) is 13.6. The van der Waals surface area contributed by atoms with Crippen LogP contribution >= 0.6 is 0 Å². The second-order valence-electron chi connectivity index (χ2n) is 9.68. The Labute approximate surface area is 219 Å². The fourth-order valence-electron chi connectivity index (χ4n) is 4.59. The summed E-state index contributed by atoms with van der Waals surface area (Å²) in [5.74, 6) is 1.60.